The van der Waals surface area contributed by atoms with Crippen LogP contribution in [0.2, 0.25) is 0 Å². The fourth-order valence-corrected chi connectivity index (χ4v) is 1.39. The molecule has 0 unspecified atom stereocenters. The lowest BCUT2D eigenvalue weighted by Gasteiger charge is -2.10. The molecule has 0 saturated carbocycles. The highest BCUT2D eigenvalue weighted by atomic mass is 16.6. The summed E-state index contributed by atoms with van der Waals surface area (Å²) in [7, 11) is 0. The minimum absolute atomic E-state index is 0.161. The molecule has 0 amide bonds. The second kappa shape index (κ2) is 5.11. The van der Waals surface area contributed by atoms with E-state index in [1.165, 1.54) is 0 Å². The van der Waals surface area contributed by atoms with Gasteiger partial charge in [0.2, 0.25) is 0 Å². The maximum Gasteiger partial charge on any atom is 0.417 e. The first-order valence-corrected chi connectivity index (χ1v) is 5.95. The van der Waals surface area contributed by atoms with Crippen LogP contribution < -0.4 is 4.74 Å². The first-order valence-electron chi connectivity index (χ1n) is 5.95. The van der Waals surface area contributed by atoms with Crippen molar-refractivity contribution >= 4 is 0 Å². The lowest BCUT2D eigenvalue weighted by atomic mass is 9.96. The van der Waals surface area contributed by atoms with Gasteiger partial charge in [-0.25, -0.2) is 0 Å². The molecule has 0 fully saturated rings. The molecule has 1 heterocycles. The molecule has 2 aromatic rings. The van der Waals surface area contributed by atoms with Gasteiger partial charge in [0.05, 0.1) is 11.6 Å². The Kier molecular flexibility index (Phi) is 3.52. The minimum atomic E-state index is -0.167. The van der Waals surface area contributed by atoms with Gasteiger partial charge in [-0.05, 0) is 17.7 Å². The zero-order valence-electron chi connectivity index (χ0n) is 11.2. The number of rotatable bonds is 3. The summed E-state index contributed by atoms with van der Waals surface area (Å²) in [6.07, 6.45) is 0.161. The van der Waals surface area contributed by atoms with E-state index in [2.05, 4.69) is 16.2 Å². The van der Waals surface area contributed by atoms with Crippen LogP contribution in [0.15, 0.2) is 28.8 Å². The normalized spacial score (nSPS) is 11.1. The van der Waals surface area contributed by atoms with E-state index in [1.54, 1.807) is 12.1 Å². The van der Waals surface area contributed by atoms with Crippen molar-refractivity contribution in [3.8, 4) is 12.1 Å². The molecule has 0 aliphatic carbocycles. The summed E-state index contributed by atoms with van der Waals surface area (Å²) in [6.45, 7) is 6.34. The maximum atomic E-state index is 8.70. The quantitative estimate of drug-likeness (QED) is 0.845. The highest BCUT2D eigenvalue weighted by molar-refractivity contribution is 5.31. The lowest BCUT2D eigenvalue weighted by molar-refractivity contribution is 0.194. The van der Waals surface area contributed by atoms with Gasteiger partial charge in [0, 0.05) is 5.41 Å². The van der Waals surface area contributed by atoms with Crippen LogP contribution >= 0.6 is 0 Å². The monoisotopic (exact) mass is 257 g/mol. The van der Waals surface area contributed by atoms with Gasteiger partial charge in [0.25, 0.3) is 0 Å². The molecule has 1 aromatic carbocycles. The van der Waals surface area contributed by atoms with Crippen molar-refractivity contribution in [2.24, 2.45) is 0 Å². The first kappa shape index (κ1) is 13.1. The summed E-state index contributed by atoms with van der Waals surface area (Å²) in [5.74, 6) is 0.613. The Hall–Kier alpha value is -2.35. The number of hydrogen-bond acceptors (Lipinski definition) is 5. The zero-order chi connectivity index (χ0) is 13.9. The standard InChI is InChI=1S/C14H15N3O2/c1-14(2,3)12-16-13(19-17-12)18-9-11-6-4-10(8-15)5-7-11/h4-7H,9H2,1-3H3. The van der Waals surface area contributed by atoms with Crippen LogP contribution in [0.3, 0.4) is 0 Å². The Labute approximate surface area is 111 Å². The van der Waals surface area contributed by atoms with E-state index in [0.29, 0.717) is 18.0 Å². The maximum absolute atomic E-state index is 8.70. The summed E-state index contributed by atoms with van der Waals surface area (Å²) in [5.41, 5.74) is 1.39. The van der Waals surface area contributed by atoms with Crippen LogP contribution in [-0.4, -0.2) is 10.1 Å². The van der Waals surface area contributed by atoms with Gasteiger partial charge in [-0.3, -0.25) is 4.52 Å². The SMILES string of the molecule is CC(C)(C)c1noc(OCc2ccc(C#N)cc2)n1. The number of ether oxygens (including phenoxy) is 1. The molecule has 1 aromatic heterocycles. The molecule has 0 atom stereocenters. The third kappa shape index (κ3) is 3.32. The predicted octanol–water partition coefficient (Wildman–Crippen LogP) is 2.82. The Bertz CT molecular complexity index is 588. The first-order chi connectivity index (χ1) is 8.99. The molecular weight excluding hydrogens is 242 g/mol. The molecular formula is C14H15N3O2. The summed E-state index contributed by atoms with van der Waals surface area (Å²) >= 11 is 0. The van der Waals surface area contributed by atoms with Crippen LogP contribution in [0, 0.1) is 11.3 Å². The van der Waals surface area contributed by atoms with Crippen LogP contribution in [0.5, 0.6) is 6.08 Å². The Morgan fingerprint density at radius 2 is 1.95 bits per heavy atom. The van der Waals surface area contributed by atoms with E-state index < -0.39 is 0 Å². The molecule has 98 valence electrons. The van der Waals surface area contributed by atoms with Gasteiger partial charge in [-0.2, -0.15) is 10.2 Å². The number of aromatic nitrogens is 2. The summed E-state index contributed by atoms with van der Waals surface area (Å²) < 4.78 is 10.4. The van der Waals surface area contributed by atoms with E-state index in [0.717, 1.165) is 5.56 Å². The van der Waals surface area contributed by atoms with E-state index in [1.807, 2.05) is 32.9 Å². The van der Waals surface area contributed by atoms with E-state index in [4.69, 9.17) is 14.5 Å². The zero-order valence-corrected chi connectivity index (χ0v) is 11.2. The lowest BCUT2D eigenvalue weighted by Crippen LogP contribution is -2.13. The summed E-state index contributed by atoms with van der Waals surface area (Å²) in [6, 6.07) is 9.22. The molecule has 5 heteroatoms. The largest absolute Gasteiger partial charge is 0.444 e. The molecule has 2 rings (SSSR count). The van der Waals surface area contributed by atoms with Gasteiger partial charge >= 0.3 is 6.08 Å². The van der Waals surface area contributed by atoms with Gasteiger partial charge < -0.3 is 4.74 Å². The van der Waals surface area contributed by atoms with Crippen LogP contribution in [-0.2, 0) is 12.0 Å². The Morgan fingerprint density at radius 3 is 2.47 bits per heavy atom. The number of nitriles is 1. The molecule has 19 heavy (non-hydrogen) atoms. The average molecular weight is 257 g/mol. The van der Waals surface area contributed by atoms with Crippen LogP contribution in [0.25, 0.3) is 0 Å². The molecule has 0 aliphatic heterocycles. The summed E-state index contributed by atoms with van der Waals surface area (Å²) in [5, 5.41) is 12.6. The van der Waals surface area contributed by atoms with Crippen molar-refractivity contribution in [1.82, 2.24) is 10.1 Å². The van der Waals surface area contributed by atoms with E-state index >= 15 is 0 Å². The van der Waals surface area contributed by atoms with Crippen molar-refractivity contribution in [3.05, 3.63) is 41.2 Å². The van der Waals surface area contributed by atoms with Gasteiger partial charge in [0.15, 0.2) is 5.82 Å². The second-order valence-electron chi connectivity index (χ2n) is 5.23. The topological polar surface area (TPSA) is 71.9 Å². The molecule has 0 bridgehead atoms. The van der Waals surface area contributed by atoms with Crippen molar-refractivity contribution in [2.75, 3.05) is 0 Å². The van der Waals surface area contributed by atoms with Crippen molar-refractivity contribution < 1.29 is 9.26 Å². The number of benzene rings is 1. The molecule has 0 saturated heterocycles. The van der Waals surface area contributed by atoms with Gasteiger partial charge in [-0.1, -0.05) is 38.1 Å². The molecule has 0 aliphatic rings. The second-order valence-corrected chi connectivity index (χ2v) is 5.23. The van der Waals surface area contributed by atoms with Crippen LogP contribution in [0.1, 0.15) is 37.7 Å². The number of nitrogens with zero attached hydrogens (tertiary/aromatic N) is 3. The van der Waals surface area contributed by atoms with E-state index in [-0.39, 0.29) is 11.5 Å². The number of hydrogen-bond donors (Lipinski definition) is 0. The molecule has 0 N–H and O–H groups in total. The molecule has 0 radical (unpaired) electrons. The van der Waals surface area contributed by atoms with Crippen molar-refractivity contribution in [1.29, 1.82) is 5.26 Å². The smallest absolute Gasteiger partial charge is 0.417 e. The summed E-state index contributed by atoms with van der Waals surface area (Å²) in [4.78, 5) is 4.18. The van der Waals surface area contributed by atoms with Crippen LogP contribution in [0.4, 0.5) is 0 Å². The highest BCUT2D eigenvalue weighted by Gasteiger charge is 2.21. The highest BCUT2D eigenvalue weighted by Crippen LogP contribution is 2.21. The van der Waals surface area contributed by atoms with Gasteiger partial charge in [-0.15, -0.1) is 0 Å². The van der Waals surface area contributed by atoms with Crippen molar-refractivity contribution in [2.45, 2.75) is 32.8 Å². The molecule has 0 spiro atoms. The Morgan fingerprint density at radius 1 is 1.26 bits per heavy atom. The Balaban J connectivity index is 1.99. The van der Waals surface area contributed by atoms with Gasteiger partial charge in [0.1, 0.15) is 6.61 Å². The fraction of sp³-hybridized carbons (Fsp3) is 0.357. The molecule has 5 nitrogen and oxygen atoms in total. The predicted molar refractivity (Wildman–Crippen MR) is 68.5 cm³/mol. The van der Waals surface area contributed by atoms with E-state index in [9.17, 15) is 0 Å². The third-order valence-corrected chi connectivity index (χ3v) is 2.52. The minimum Gasteiger partial charge on any atom is -0.444 e. The fourth-order valence-electron chi connectivity index (χ4n) is 1.39. The third-order valence-electron chi connectivity index (χ3n) is 2.52. The average Bonchev–Trinajstić information content (AvgIpc) is 2.86. The van der Waals surface area contributed by atoms with Crippen molar-refractivity contribution in [3.63, 3.8) is 0 Å².